The molecule has 0 unspecified atom stereocenters. The van der Waals surface area contributed by atoms with Crippen LogP contribution < -0.4 is 9.04 Å². The van der Waals surface area contributed by atoms with Gasteiger partial charge >= 0.3 is 5.97 Å². The molecule has 0 fully saturated rings. The van der Waals surface area contributed by atoms with Crippen molar-refractivity contribution in [1.82, 2.24) is 0 Å². The van der Waals surface area contributed by atoms with Crippen molar-refractivity contribution in [2.75, 3.05) is 24.3 Å². The molecule has 9 heteroatoms. The lowest BCUT2D eigenvalue weighted by Gasteiger charge is -2.21. The number of Topliss-reactive ketones (excluding diaryl/α,β-unsaturated/α-hetero) is 1. The van der Waals surface area contributed by atoms with Crippen LogP contribution in [-0.2, 0) is 21.2 Å². The number of hydrogen-bond donors (Lipinski definition) is 1. The zero-order chi connectivity index (χ0) is 21.3. The minimum Gasteiger partial charge on any atom is -0.507 e. The third kappa shape index (κ3) is 4.19. The van der Waals surface area contributed by atoms with E-state index in [0.717, 1.165) is 11.8 Å². The van der Waals surface area contributed by atoms with Crippen molar-refractivity contribution >= 4 is 27.5 Å². The van der Waals surface area contributed by atoms with E-state index in [1.54, 1.807) is 19.1 Å². The molecule has 2 aromatic rings. The number of anilines is 1. The van der Waals surface area contributed by atoms with Crippen LogP contribution in [0.1, 0.15) is 33.2 Å². The predicted octanol–water partition coefficient (Wildman–Crippen LogP) is 2.15. The molecule has 154 valence electrons. The van der Waals surface area contributed by atoms with Gasteiger partial charge in [0.25, 0.3) is 0 Å². The first-order valence-electron chi connectivity index (χ1n) is 8.81. The Bertz CT molecular complexity index is 1080. The van der Waals surface area contributed by atoms with E-state index in [2.05, 4.69) is 0 Å². The molecule has 0 saturated heterocycles. The molecule has 1 aliphatic heterocycles. The van der Waals surface area contributed by atoms with Crippen LogP contribution in [0.15, 0.2) is 36.4 Å². The van der Waals surface area contributed by atoms with Gasteiger partial charge in [0, 0.05) is 17.7 Å². The summed E-state index contributed by atoms with van der Waals surface area (Å²) in [6, 6.07) is 8.60. The van der Waals surface area contributed by atoms with Crippen LogP contribution in [0.25, 0.3) is 0 Å². The number of esters is 1. The molecule has 29 heavy (non-hydrogen) atoms. The van der Waals surface area contributed by atoms with Crippen LogP contribution in [0, 0.1) is 0 Å². The van der Waals surface area contributed by atoms with Gasteiger partial charge in [0.05, 0.1) is 19.1 Å². The van der Waals surface area contributed by atoms with Gasteiger partial charge in [0.1, 0.15) is 17.1 Å². The van der Waals surface area contributed by atoms with Gasteiger partial charge in [0.15, 0.2) is 12.4 Å². The number of sulfonamides is 1. The molecular weight excluding hydrogens is 398 g/mol. The molecule has 0 aromatic heterocycles. The Hall–Kier alpha value is -3.07. The number of benzene rings is 2. The summed E-state index contributed by atoms with van der Waals surface area (Å²) in [5, 5.41) is 9.88. The number of hydrogen-bond acceptors (Lipinski definition) is 7. The molecular formula is C20H21NO7S. The number of ketones is 1. The third-order valence-electron chi connectivity index (χ3n) is 4.67. The molecule has 0 radical (unpaired) electrons. The second kappa shape index (κ2) is 7.75. The van der Waals surface area contributed by atoms with E-state index < -0.39 is 28.4 Å². The fraction of sp³-hybridized carbons (Fsp3) is 0.300. The first-order valence-corrected chi connectivity index (χ1v) is 10.7. The lowest BCUT2D eigenvalue weighted by atomic mass is 10.0. The molecule has 0 spiro atoms. The van der Waals surface area contributed by atoms with E-state index in [-0.39, 0.29) is 17.4 Å². The van der Waals surface area contributed by atoms with Gasteiger partial charge in [-0.2, -0.15) is 0 Å². The molecule has 1 atom stereocenters. The van der Waals surface area contributed by atoms with Gasteiger partial charge in [-0.3, -0.25) is 9.10 Å². The molecule has 1 aliphatic rings. The van der Waals surface area contributed by atoms with Crippen molar-refractivity contribution in [2.24, 2.45) is 0 Å². The first-order chi connectivity index (χ1) is 13.6. The van der Waals surface area contributed by atoms with Crippen LogP contribution in [0.4, 0.5) is 5.69 Å². The standard InChI is InChI=1S/C20H21NO7S/c1-12-8-14-9-13(4-7-17(14)21(12)29(3,25)26)19(23)11-28-20(24)16-6-5-15(27-2)10-18(16)22/h4-7,9-10,12,22H,8,11H2,1-3H3/t12-/m1/s1. The number of phenolic OH excluding ortho intramolecular Hbond substituents is 1. The van der Waals surface area contributed by atoms with Crippen molar-refractivity contribution < 1.29 is 32.6 Å². The maximum Gasteiger partial charge on any atom is 0.342 e. The molecule has 0 bridgehead atoms. The lowest BCUT2D eigenvalue weighted by Crippen LogP contribution is -2.34. The average Bonchev–Trinajstić information content (AvgIpc) is 3.00. The van der Waals surface area contributed by atoms with Crippen LogP contribution in [0.3, 0.4) is 0 Å². The molecule has 3 rings (SSSR count). The summed E-state index contributed by atoms with van der Waals surface area (Å²) in [5.41, 5.74) is 1.54. The summed E-state index contributed by atoms with van der Waals surface area (Å²) < 4.78 is 35.3. The fourth-order valence-corrected chi connectivity index (χ4v) is 4.65. The summed E-state index contributed by atoms with van der Waals surface area (Å²) in [6.07, 6.45) is 1.63. The van der Waals surface area contributed by atoms with Crippen molar-refractivity contribution in [3.8, 4) is 11.5 Å². The fourth-order valence-electron chi connectivity index (χ4n) is 3.38. The highest BCUT2D eigenvalue weighted by atomic mass is 32.2. The predicted molar refractivity (Wildman–Crippen MR) is 106 cm³/mol. The van der Waals surface area contributed by atoms with Gasteiger partial charge in [-0.15, -0.1) is 0 Å². The molecule has 2 aromatic carbocycles. The number of aromatic hydroxyl groups is 1. The highest BCUT2D eigenvalue weighted by molar-refractivity contribution is 7.92. The number of carbonyl (C=O) groups excluding carboxylic acids is 2. The Labute approximate surface area is 168 Å². The van der Waals surface area contributed by atoms with Crippen LogP contribution in [0.2, 0.25) is 0 Å². The van der Waals surface area contributed by atoms with Gasteiger partial charge in [-0.25, -0.2) is 13.2 Å². The number of phenols is 1. The van der Waals surface area contributed by atoms with E-state index >= 15 is 0 Å². The molecule has 8 nitrogen and oxygen atoms in total. The summed E-state index contributed by atoms with van der Waals surface area (Å²) in [7, 11) is -1.98. The van der Waals surface area contributed by atoms with E-state index in [4.69, 9.17) is 9.47 Å². The maximum atomic E-state index is 12.4. The number of carbonyl (C=O) groups is 2. The highest BCUT2D eigenvalue weighted by Crippen LogP contribution is 2.34. The van der Waals surface area contributed by atoms with Gasteiger partial charge in [0.2, 0.25) is 10.0 Å². The largest absolute Gasteiger partial charge is 0.507 e. The van der Waals surface area contributed by atoms with Crippen molar-refractivity contribution in [2.45, 2.75) is 19.4 Å². The Kier molecular flexibility index (Phi) is 5.52. The monoisotopic (exact) mass is 419 g/mol. The summed E-state index contributed by atoms with van der Waals surface area (Å²) in [6.45, 7) is 1.29. The van der Waals surface area contributed by atoms with Crippen molar-refractivity contribution in [3.63, 3.8) is 0 Å². The molecule has 1 N–H and O–H groups in total. The zero-order valence-electron chi connectivity index (χ0n) is 16.2. The Morgan fingerprint density at radius 3 is 2.55 bits per heavy atom. The molecule has 0 saturated carbocycles. The maximum absolute atomic E-state index is 12.4. The Morgan fingerprint density at radius 1 is 1.21 bits per heavy atom. The SMILES string of the molecule is COc1ccc(C(=O)OCC(=O)c2ccc3c(c2)C[C@@H](C)N3S(C)(=O)=O)c(O)c1. The van der Waals surface area contributed by atoms with Crippen LogP contribution in [0.5, 0.6) is 11.5 Å². The average molecular weight is 419 g/mol. The highest BCUT2D eigenvalue weighted by Gasteiger charge is 2.32. The van der Waals surface area contributed by atoms with Crippen molar-refractivity contribution in [3.05, 3.63) is 53.1 Å². The number of fused-ring (bicyclic) bond motifs is 1. The lowest BCUT2D eigenvalue weighted by molar-refractivity contribution is 0.0471. The second-order valence-corrected chi connectivity index (χ2v) is 8.70. The normalized spacial score (nSPS) is 15.7. The molecule has 1 heterocycles. The first kappa shape index (κ1) is 20.7. The molecule has 0 aliphatic carbocycles. The van der Waals surface area contributed by atoms with E-state index in [0.29, 0.717) is 23.4 Å². The van der Waals surface area contributed by atoms with Gasteiger partial charge in [-0.1, -0.05) is 0 Å². The Morgan fingerprint density at radius 2 is 1.93 bits per heavy atom. The van der Waals surface area contributed by atoms with E-state index in [1.807, 2.05) is 0 Å². The quantitative estimate of drug-likeness (QED) is 0.564. The summed E-state index contributed by atoms with van der Waals surface area (Å²) >= 11 is 0. The van der Waals surface area contributed by atoms with Gasteiger partial charge in [-0.05, 0) is 49.2 Å². The summed E-state index contributed by atoms with van der Waals surface area (Å²) in [4.78, 5) is 24.6. The van der Waals surface area contributed by atoms with Crippen molar-refractivity contribution in [1.29, 1.82) is 0 Å². The number of rotatable bonds is 6. The third-order valence-corrected chi connectivity index (χ3v) is 5.94. The topological polar surface area (TPSA) is 110 Å². The van der Waals surface area contributed by atoms with E-state index in [9.17, 15) is 23.1 Å². The number of methoxy groups -OCH3 is 1. The minimum atomic E-state index is -3.41. The summed E-state index contributed by atoms with van der Waals surface area (Å²) in [5.74, 6) is -1.20. The Balaban J connectivity index is 1.71. The smallest absolute Gasteiger partial charge is 0.342 e. The second-order valence-electron chi connectivity index (χ2n) is 6.84. The minimum absolute atomic E-state index is 0.0785. The molecule has 0 amide bonds. The van der Waals surface area contributed by atoms with Crippen LogP contribution >= 0.6 is 0 Å². The van der Waals surface area contributed by atoms with Crippen LogP contribution in [-0.4, -0.2) is 51.3 Å². The van der Waals surface area contributed by atoms with E-state index in [1.165, 1.54) is 35.7 Å². The number of nitrogens with zero attached hydrogens (tertiary/aromatic N) is 1. The number of ether oxygens (including phenoxy) is 2. The zero-order valence-corrected chi connectivity index (χ0v) is 17.0. The van der Waals surface area contributed by atoms with Gasteiger partial charge < -0.3 is 14.6 Å².